The maximum atomic E-state index is 12.2. The van der Waals surface area contributed by atoms with Gasteiger partial charge < -0.3 is 19.6 Å². The first-order valence-electron chi connectivity index (χ1n) is 9.15. The molecule has 0 saturated carbocycles. The first-order chi connectivity index (χ1) is 12.6. The van der Waals surface area contributed by atoms with Crippen molar-refractivity contribution in [3.05, 3.63) is 36.2 Å². The first kappa shape index (κ1) is 17.0. The van der Waals surface area contributed by atoms with Crippen LogP contribution in [0.3, 0.4) is 0 Å². The summed E-state index contributed by atoms with van der Waals surface area (Å²) in [4.78, 5) is 21.2. The largest absolute Gasteiger partial charge is 0.341 e. The smallest absolute Gasteiger partial charge is 0.317 e. The quantitative estimate of drug-likeness (QED) is 0.894. The second kappa shape index (κ2) is 6.72. The van der Waals surface area contributed by atoms with Crippen molar-refractivity contribution in [3.63, 3.8) is 0 Å². The lowest BCUT2D eigenvalue weighted by Crippen LogP contribution is -2.43. The third-order valence-electron chi connectivity index (χ3n) is 5.90. The Balaban J connectivity index is 1.64. The lowest BCUT2D eigenvalue weighted by atomic mass is 9.71. The Morgan fingerprint density at radius 3 is 2.69 bits per heavy atom. The lowest BCUT2D eigenvalue weighted by molar-refractivity contribution is 0.105. The summed E-state index contributed by atoms with van der Waals surface area (Å²) in [6.45, 7) is 3.42. The second-order valence-electron chi connectivity index (χ2n) is 7.48. The van der Waals surface area contributed by atoms with Crippen molar-refractivity contribution in [2.45, 2.75) is 18.8 Å². The van der Waals surface area contributed by atoms with E-state index in [0.717, 1.165) is 38.0 Å². The molecule has 0 bridgehead atoms. The van der Waals surface area contributed by atoms with Crippen LogP contribution in [0.4, 0.5) is 4.79 Å². The zero-order chi connectivity index (χ0) is 18.1. The topological polar surface area (TPSA) is 74.5 Å². The highest BCUT2D eigenvalue weighted by molar-refractivity contribution is 5.74. The van der Waals surface area contributed by atoms with E-state index >= 15 is 0 Å². The summed E-state index contributed by atoms with van der Waals surface area (Å²) in [5, 5.41) is 6.95. The molecule has 1 aromatic carbocycles. The molecule has 26 heavy (non-hydrogen) atoms. The fraction of sp³-hybridized carbons (Fsp3) is 0.526. The predicted molar refractivity (Wildman–Crippen MR) is 97.7 cm³/mol. The monoisotopic (exact) mass is 355 g/mol. The molecule has 1 atom stereocenters. The van der Waals surface area contributed by atoms with Crippen molar-refractivity contribution < 1.29 is 9.32 Å². The van der Waals surface area contributed by atoms with Crippen LogP contribution in [-0.2, 0) is 0 Å². The van der Waals surface area contributed by atoms with Gasteiger partial charge in [0.15, 0.2) is 0 Å². The summed E-state index contributed by atoms with van der Waals surface area (Å²) < 4.78 is 5.69. The van der Waals surface area contributed by atoms with Crippen molar-refractivity contribution in [3.8, 4) is 11.4 Å². The molecule has 7 nitrogen and oxygen atoms in total. The minimum absolute atomic E-state index is 0.0134. The standard InChI is InChI=1S/C19H25N5O2/c1-20-18(25)24-12-15(19(13-24)8-10-23(2)11-9-19)17-21-16(22-26-17)14-6-4-3-5-7-14/h3-7,15H,8-13H2,1-2H3,(H,20,25). The molecule has 2 saturated heterocycles. The number of likely N-dealkylation sites (tertiary alicyclic amines) is 2. The van der Waals surface area contributed by atoms with Gasteiger partial charge in [-0.2, -0.15) is 4.98 Å². The molecule has 0 aliphatic carbocycles. The maximum absolute atomic E-state index is 12.2. The van der Waals surface area contributed by atoms with E-state index < -0.39 is 0 Å². The Kier molecular flexibility index (Phi) is 4.40. The molecule has 138 valence electrons. The summed E-state index contributed by atoms with van der Waals surface area (Å²) in [6.07, 6.45) is 2.06. The summed E-state index contributed by atoms with van der Waals surface area (Å²) in [5.41, 5.74) is 0.959. The van der Waals surface area contributed by atoms with Crippen LogP contribution in [-0.4, -0.2) is 66.2 Å². The molecular weight excluding hydrogens is 330 g/mol. The SMILES string of the molecule is CNC(=O)N1CC(c2nc(-c3ccccc3)no2)C2(CCN(C)CC2)C1. The molecule has 1 aromatic heterocycles. The average Bonchev–Trinajstić information content (AvgIpc) is 3.30. The molecule has 1 unspecified atom stereocenters. The number of nitrogens with zero attached hydrogens (tertiary/aromatic N) is 4. The minimum Gasteiger partial charge on any atom is -0.341 e. The van der Waals surface area contributed by atoms with E-state index in [9.17, 15) is 4.79 Å². The van der Waals surface area contributed by atoms with E-state index in [-0.39, 0.29) is 17.4 Å². The normalized spacial score (nSPS) is 22.7. The molecular formula is C19H25N5O2. The Hall–Kier alpha value is -2.41. The number of aromatic nitrogens is 2. The molecule has 3 heterocycles. The van der Waals surface area contributed by atoms with E-state index in [1.165, 1.54) is 0 Å². The highest BCUT2D eigenvalue weighted by atomic mass is 16.5. The highest BCUT2D eigenvalue weighted by Crippen LogP contribution is 2.49. The summed E-state index contributed by atoms with van der Waals surface area (Å²) in [5.74, 6) is 1.35. The average molecular weight is 355 g/mol. The molecule has 4 rings (SSSR count). The van der Waals surface area contributed by atoms with Gasteiger partial charge in [0.05, 0.1) is 5.92 Å². The van der Waals surface area contributed by atoms with Gasteiger partial charge in [-0.25, -0.2) is 4.79 Å². The van der Waals surface area contributed by atoms with Crippen LogP contribution in [0.1, 0.15) is 24.7 Å². The van der Waals surface area contributed by atoms with E-state index in [2.05, 4.69) is 22.4 Å². The van der Waals surface area contributed by atoms with Gasteiger partial charge in [0.25, 0.3) is 0 Å². The number of urea groups is 1. The number of benzene rings is 1. The third-order valence-corrected chi connectivity index (χ3v) is 5.90. The third kappa shape index (κ3) is 2.96. The van der Waals surface area contributed by atoms with E-state index in [1.807, 2.05) is 35.2 Å². The number of carbonyl (C=O) groups is 1. The second-order valence-corrected chi connectivity index (χ2v) is 7.48. The van der Waals surface area contributed by atoms with Crippen LogP contribution in [0.15, 0.2) is 34.9 Å². The number of amides is 2. The Labute approximate surface area is 153 Å². The van der Waals surface area contributed by atoms with Crippen LogP contribution in [0.5, 0.6) is 0 Å². The van der Waals surface area contributed by atoms with Gasteiger partial charge in [-0.1, -0.05) is 35.5 Å². The molecule has 2 amide bonds. The van der Waals surface area contributed by atoms with Crippen LogP contribution in [0.2, 0.25) is 0 Å². The fourth-order valence-electron chi connectivity index (χ4n) is 4.27. The van der Waals surface area contributed by atoms with Gasteiger partial charge in [-0.05, 0) is 33.0 Å². The number of piperidine rings is 1. The Bertz CT molecular complexity index is 767. The minimum atomic E-state index is -0.0337. The van der Waals surface area contributed by atoms with Crippen molar-refractivity contribution in [1.82, 2.24) is 25.3 Å². The van der Waals surface area contributed by atoms with Crippen molar-refractivity contribution in [2.75, 3.05) is 40.3 Å². The number of hydrogen-bond acceptors (Lipinski definition) is 5. The van der Waals surface area contributed by atoms with Crippen LogP contribution >= 0.6 is 0 Å². The molecule has 2 aliphatic rings. The number of hydrogen-bond donors (Lipinski definition) is 1. The first-order valence-corrected chi connectivity index (χ1v) is 9.15. The van der Waals surface area contributed by atoms with Crippen LogP contribution in [0, 0.1) is 5.41 Å². The molecule has 7 heteroatoms. The Morgan fingerprint density at radius 1 is 1.27 bits per heavy atom. The number of nitrogens with one attached hydrogen (secondary N) is 1. The van der Waals surface area contributed by atoms with Crippen molar-refractivity contribution in [1.29, 1.82) is 0 Å². The molecule has 1 spiro atoms. The van der Waals surface area contributed by atoms with Gasteiger partial charge in [-0.15, -0.1) is 0 Å². The predicted octanol–water partition coefficient (Wildman–Crippen LogP) is 2.19. The molecule has 2 fully saturated rings. The van der Waals surface area contributed by atoms with Crippen molar-refractivity contribution in [2.24, 2.45) is 5.41 Å². The zero-order valence-electron chi connectivity index (χ0n) is 15.3. The Morgan fingerprint density at radius 2 is 2.00 bits per heavy atom. The molecule has 0 radical (unpaired) electrons. The molecule has 2 aromatic rings. The van der Waals surface area contributed by atoms with E-state index in [0.29, 0.717) is 18.3 Å². The highest BCUT2D eigenvalue weighted by Gasteiger charge is 2.51. The number of carbonyl (C=O) groups excluding carboxylic acids is 1. The van der Waals surface area contributed by atoms with Gasteiger partial charge in [0, 0.05) is 31.1 Å². The lowest BCUT2D eigenvalue weighted by Gasteiger charge is -2.40. The maximum Gasteiger partial charge on any atom is 0.317 e. The molecule has 1 N–H and O–H groups in total. The van der Waals surface area contributed by atoms with Gasteiger partial charge in [-0.3, -0.25) is 0 Å². The van der Waals surface area contributed by atoms with Crippen LogP contribution < -0.4 is 5.32 Å². The van der Waals surface area contributed by atoms with Gasteiger partial charge in [0.1, 0.15) is 0 Å². The summed E-state index contributed by atoms with van der Waals surface area (Å²) >= 11 is 0. The summed E-state index contributed by atoms with van der Waals surface area (Å²) in [6, 6.07) is 9.82. The summed E-state index contributed by atoms with van der Waals surface area (Å²) in [7, 11) is 3.82. The van der Waals surface area contributed by atoms with E-state index in [1.54, 1.807) is 7.05 Å². The zero-order valence-corrected chi connectivity index (χ0v) is 15.3. The fourth-order valence-corrected chi connectivity index (χ4v) is 4.27. The molecule has 2 aliphatic heterocycles. The number of rotatable bonds is 2. The van der Waals surface area contributed by atoms with E-state index in [4.69, 9.17) is 9.51 Å². The van der Waals surface area contributed by atoms with Gasteiger partial charge in [0.2, 0.25) is 11.7 Å². The van der Waals surface area contributed by atoms with Crippen LogP contribution in [0.25, 0.3) is 11.4 Å². The van der Waals surface area contributed by atoms with Gasteiger partial charge >= 0.3 is 6.03 Å². The van der Waals surface area contributed by atoms with Crippen molar-refractivity contribution >= 4 is 6.03 Å².